The van der Waals surface area contributed by atoms with E-state index in [0.29, 0.717) is 13.0 Å². The van der Waals surface area contributed by atoms with Gasteiger partial charge in [-0.1, -0.05) is 48.1 Å². The monoisotopic (exact) mass is 228 g/mol. The van der Waals surface area contributed by atoms with Gasteiger partial charge in [0, 0.05) is 6.42 Å². The predicted molar refractivity (Wildman–Crippen MR) is 67.5 cm³/mol. The van der Waals surface area contributed by atoms with Crippen molar-refractivity contribution >= 4 is 6.29 Å². The molecule has 17 heavy (non-hydrogen) atoms. The molecule has 1 aliphatic carbocycles. The van der Waals surface area contributed by atoms with Crippen LogP contribution in [0.1, 0.15) is 18.9 Å². The van der Waals surface area contributed by atoms with E-state index in [0.717, 1.165) is 11.8 Å². The molecule has 0 aromatic heterocycles. The minimum Gasteiger partial charge on any atom is -0.358 e. The molecule has 0 aliphatic heterocycles. The highest BCUT2D eigenvalue weighted by Gasteiger charge is 2.28. The lowest BCUT2D eigenvalue weighted by Crippen LogP contribution is -2.32. The van der Waals surface area contributed by atoms with Crippen molar-refractivity contribution < 1.29 is 9.53 Å². The zero-order valence-electron chi connectivity index (χ0n) is 9.93. The molecule has 2 nitrogen and oxygen atoms in total. The number of aldehydes is 1. The Balaban J connectivity index is 2.02. The first-order valence-corrected chi connectivity index (χ1v) is 5.74. The Hall–Kier alpha value is -1.67. The van der Waals surface area contributed by atoms with E-state index < -0.39 is 5.60 Å². The number of hydrogen-bond acceptors (Lipinski definition) is 2. The van der Waals surface area contributed by atoms with Crippen LogP contribution >= 0.6 is 0 Å². The summed E-state index contributed by atoms with van der Waals surface area (Å²) in [5.74, 6) is 0. The molecule has 1 atom stereocenters. The molecule has 0 bridgehead atoms. The van der Waals surface area contributed by atoms with Gasteiger partial charge >= 0.3 is 0 Å². The summed E-state index contributed by atoms with van der Waals surface area (Å²) in [6.07, 6.45) is 7.31. The highest BCUT2D eigenvalue weighted by atomic mass is 16.5. The Bertz CT molecular complexity index is 445. The largest absolute Gasteiger partial charge is 0.358 e. The van der Waals surface area contributed by atoms with Crippen LogP contribution in [0.15, 0.2) is 54.1 Å². The maximum atomic E-state index is 11.2. The van der Waals surface area contributed by atoms with Crippen molar-refractivity contribution in [3.05, 3.63) is 59.7 Å². The van der Waals surface area contributed by atoms with E-state index in [1.54, 1.807) is 0 Å². The summed E-state index contributed by atoms with van der Waals surface area (Å²) in [6.45, 7) is 2.47. The Kier molecular flexibility index (Phi) is 3.55. The van der Waals surface area contributed by atoms with Gasteiger partial charge in [0.1, 0.15) is 5.60 Å². The molecule has 0 spiro atoms. The minimum absolute atomic E-state index is 0.455. The average Bonchev–Trinajstić information content (AvgIpc) is 2.40. The molecule has 1 unspecified atom stereocenters. The van der Waals surface area contributed by atoms with Gasteiger partial charge in [-0.15, -0.1) is 0 Å². The van der Waals surface area contributed by atoms with Crippen molar-refractivity contribution in [1.29, 1.82) is 0 Å². The molecular weight excluding hydrogens is 212 g/mol. The number of benzene rings is 1. The van der Waals surface area contributed by atoms with E-state index in [-0.39, 0.29) is 0 Å². The van der Waals surface area contributed by atoms with Crippen LogP contribution in [-0.2, 0) is 16.1 Å². The molecular formula is C15H16O2. The predicted octanol–water partition coefficient (Wildman–Crippen LogP) is 3.05. The van der Waals surface area contributed by atoms with E-state index in [2.05, 4.69) is 0 Å². The van der Waals surface area contributed by atoms with Crippen molar-refractivity contribution in [2.45, 2.75) is 25.6 Å². The van der Waals surface area contributed by atoms with Crippen LogP contribution in [0.25, 0.3) is 0 Å². The summed E-state index contributed by atoms with van der Waals surface area (Å²) >= 11 is 0. The number of carbonyl (C=O) groups excluding carboxylic acids is 1. The molecule has 1 aromatic carbocycles. The standard InChI is InChI=1S/C15H16O2/c1-13-7-9-15(12-16,10-8-13)17-11-14-5-3-2-4-6-14/h2-9,12H,10-11H2,1H3. The summed E-state index contributed by atoms with van der Waals surface area (Å²) in [4.78, 5) is 11.2. The maximum Gasteiger partial charge on any atom is 0.156 e. The molecule has 1 aromatic rings. The molecule has 0 N–H and O–H groups in total. The quantitative estimate of drug-likeness (QED) is 0.740. The smallest absolute Gasteiger partial charge is 0.156 e. The zero-order chi connectivity index (χ0) is 12.1. The normalized spacial score (nSPS) is 23.2. The van der Waals surface area contributed by atoms with Crippen LogP contribution in [0, 0.1) is 0 Å². The Morgan fingerprint density at radius 2 is 2.12 bits per heavy atom. The molecule has 0 fully saturated rings. The van der Waals surface area contributed by atoms with Gasteiger partial charge in [0.2, 0.25) is 0 Å². The third-order valence-corrected chi connectivity index (χ3v) is 2.92. The second-order valence-corrected chi connectivity index (χ2v) is 4.33. The fourth-order valence-electron chi connectivity index (χ4n) is 1.75. The summed E-state index contributed by atoms with van der Waals surface area (Å²) in [6, 6.07) is 9.88. The highest BCUT2D eigenvalue weighted by Crippen LogP contribution is 2.24. The van der Waals surface area contributed by atoms with E-state index in [1.165, 1.54) is 5.57 Å². The van der Waals surface area contributed by atoms with Gasteiger partial charge in [-0.3, -0.25) is 4.79 Å². The van der Waals surface area contributed by atoms with E-state index in [4.69, 9.17) is 4.74 Å². The fourth-order valence-corrected chi connectivity index (χ4v) is 1.75. The van der Waals surface area contributed by atoms with Crippen LogP contribution in [0.4, 0.5) is 0 Å². The molecule has 88 valence electrons. The first-order chi connectivity index (χ1) is 8.24. The SMILES string of the molecule is CC1=CCC(C=O)(OCc2ccccc2)C=C1. The number of carbonyl (C=O) groups is 1. The van der Waals surface area contributed by atoms with E-state index in [1.807, 2.05) is 55.5 Å². The highest BCUT2D eigenvalue weighted by molar-refractivity contribution is 5.68. The lowest BCUT2D eigenvalue weighted by atomic mass is 9.94. The Morgan fingerprint density at radius 3 is 2.71 bits per heavy atom. The molecule has 2 rings (SSSR count). The van der Waals surface area contributed by atoms with E-state index >= 15 is 0 Å². The van der Waals surface area contributed by atoms with Gasteiger partial charge in [-0.25, -0.2) is 0 Å². The molecule has 0 saturated carbocycles. The summed E-state index contributed by atoms with van der Waals surface area (Å²) < 4.78 is 5.75. The summed E-state index contributed by atoms with van der Waals surface area (Å²) in [5.41, 5.74) is 1.47. The van der Waals surface area contributed by atoms with Gasteiger partial charge in [0.15, 0.2) is 6.29 Å². The molecule has 0 saturated heterocycles. The number of rotatable bonds is 4. The van der Waals surface area contributed by atoms with Gasteiger partial charge in [0.05, 0.1) is 6.61 Å². The lowest BCUT2D eigenvalue weighted by Gasteiger charge is -2.26. The number of ether oxygens (including phenoxy) is 1. The van der Waals surface area contributed by atoms with Crippen molar-refractivity contribution in [1.82, 2.24) is 0 Å². The third-order valence-electron chi connectivity index (χ3n) is 2.92. The first kappa shape index (κ1) is 11.8. The zero-order valence-corrected chi connectivity index (χ0v) is 9.93. The van der Waals surface area contributed by atoms with Crippen LogP contribution < -0.4 is 0 Å². The van der Waals surface area contributed by atoms with Crippen molar-refractivity contribution in [2.75, 3.05) is 0 Å². The molecule has 0 amide bonds. The van der Waals surface area contributed by atoms with Gasteiger partial charge in [-0.05, 0) is 18.6 Å². The Labute approximate surface area is 102 Å². The fraction of sp³-hybridized carbons (Fsp3) is 0.267. The van der Waals surface area contributed by atoms with Crippen LogP contribution in [-0.4, -0.2) is 11.9 Å². The van der Waals surface area contributed by atoms with Crippen molar-refractivity contribution in [3.8, 4) is 0 Å². The average molecular weight is 228 g/mol. The van der Waals surface area contributed by atoms with Crippen molar-refractivity contribution in [3.63, 3.8) is 0 Å². The van der Waals surface area contributed by atoms with Gasteiger partial charge in [-0.2, -0.15) is 0 Å². The first-order valence-electron chi connectivity index (χ1n) is 5.74. The Morgan fingerprint density at radius 1 is 1.35 bits per heavy atom. The van der Waals surface area contributed by atoms with Gasteiger partial charge in [0.25, 0.3) is 0 Å². The second-order valence-electron chi connectivity index (χ2n) is 4.33. The minimum atomic E-state index is -0.782. The molecule has 0 radical (unpaired) electrons. The number of allylic oxidation sites excluding steroid dienone is 2. The van der Waals surface area contributed by atoms with Crippen molar-refractivity contribution in [2.24, 2.45) is 0 Å². The molecule has 2 heteroatoms. The number of hydrogen-bond donors (Lipinski definition) is 0. The summed E-state index contributed by atoms with van der Waals surface area (Å²) in [5, 5.41) is 0. The lowest BCUT2D eigenvalue weighted by molar-refractivity contribution is -0.126. The van der Waals surface area contributed by atoms with Crippen LogP contribution in [0.3, 0.4) is 0 Å². The second kappa shape index (κ2) is 5.11. The van der Waals surface area contributed by atoms with Crippen LogP contribution in [0.5, 0.6) is 0 Å². The molecule has 1 aliphatic rings. The topological polar surface area (TPSA) is 26.3 Å². The summed E-state index contributed by atoms with van der Waals surface area (Å²) in [7, 11) is 0. The third kappa shape index (κ3) is 2.92. The molecule has 0 heterocycles. The van der Waals surface area contributed by atoms with Crippen LogP contribution in [0.2, 0.25) is 0 Å². The maximum absolute atomic E-state index is 11.2. The van der Waals surface area contributed by atoms with E-state index in [9.17, 15) is 4.79 Å². The van der Waals surface area contributed by atoms with Gasteiger partial charge < -0.3 is 4.74 Å².